The number of amides is 1. The molecule has 3 rings (SSSR count). The van der Waals surface area contributed by atoms with E-state index in [-0.39, 0.29) is 19.0 Å². The maximum Gasteiger partial charge on any atom is 0.266 e. The second-order valence-electron chi connectivity index (χ2n) is 6.38. The summed E-state index contributed by atoms with van der Waals surface area (Å²) in [5, 5.41) is 0.379. The van der Waals surface area contributed by atoms with Crippen LogP contribution in [-0.4, -0.2) is 49.1 Å². The first-order valence-corrected chi connectivity index (χ1v) is 10.2. The molecule has 0 aliphatic heterocycles. The molecule has 0 unspecified atom stereocenters. The summed E-state index contributed by atoms with van der Waals surface area (Å²) >= 11 is 1.29. The van der Waals surface area contributed by atoms with Gasteiger partial charge >= 0.3 is 0 Å². The molecule has 9 heteroatoms. The average Bonchev–Trinajstić information content (AvgIpc) is 3.15. The Morgan fingerprint density at radius 1 is 1.07 bits per heavy atom. The monoisotopic (exact) mass is 455 g/mol. The summed E-state index contributed by atoms with van der Waals surface area (Å²) in [6.07, 6.45) is 0. The van der Waals surface area contributed by atoms with Crippen LogP contribution in [0.1, 0.15) is 24.2 Å². The predicted molar refractivity (Wildman–Crippen MR) is 119 cm³/mol. The number of benzene rings is 2. The van der Waals surface area contributed by atoms with E-state index in [2.05, 4.69) is 9.88 Å². The number of carbonyl (C=O) groups is 1. The number of methoxy groups -OCH3 is 1. The number of thiazole rings is 1. The van der Waals surface area contributed by atoms with E-state index < -0.39 is 23.1 Å². The summed E-state index contributed by atoms with van der Waals surface area (Å²) < 4.78 is 34.8. The summed E-state index contributed by atoms with van der Waals surface area (Å²) in [4.78, 5) is 21.2. The SMILES string of the molecule is CCN(CC)CCN(C(=O)c1c(F)cccc1F)c1nc2c(OC)cccc2s1.Cl. The average molecular weight is 456 g/mol. The van der Waals surface area contributed by atoms with E-state index >= 15 is 0 Å². The summed E-state index contributed by atoms with van der Waals surface area (Å²) in [5.74, 6) is -1.94. The quantitative estimate of drug-likeness (QED) is 0.480. The molecule has 0 bridgehead atoms. The van der Waals surface area contributed by atoms with Gasteiger partial charge < -0.3 is 9.64 Å². The molecule has 0 spiro atoms. The second-order valence-corrected chi connectivity index (χ2v) is 7.39. The topological polar surface area (TPSA) is 45.7 Å². The highest BCUT2D eigenvalue weighted by molar-refractivity contribution is 7.22. The molecule has 0 saturated carbocycles. The largest absolute Gasteiger partial charge is 0.494 e. The van der Waals surface area contributed by atoms with Crippen molar-refractivity contribution in [3.63, 3.8) is 0 Å². The van der Waals surface area contributed by atoms with Crippen molar-refractivity contribution < 1.29 is 18.3 Å². The number of fused-ring (bicyclic) bond motifs is 1. The summed E-state index contributed by atoms with van der Waals surface area (Å²) in [6, 6.07) is 8.90. The van der Waals surface area contributed by atoms with E-state index in [0.29, 0.717) is 22.9 Å². The predicted octanol–water partition coefficient (Wildman–Crippen LogP) is 4.99. The number of anilines is 1. The lowest BCUT2D eigenvalue weighted by Crippen LogP contribution is -2.39. The van der Waals surface area contributed by atoms with Crippen molar-refractivity contribution in [3.8, 4) is 5.75 Å². The van der Waals surface area contributed by atoms with Crippen LogP contribution in [0.5, 0.6) is 5.75 Å². The number of aromatic nitrogens is 1. The summed E-state index contributed by atoms with van der Waals surface area (Å²) in [5.41, 5.74) is 0.0444. The molecule has 30 heavy (non-hydrogen) atoms. The Morgan fingerprint density at radius 2 is 1.70 bits per heavy atom. The van der Waals surface area contributed by atoms with E-state index in [9.17, 15) is 13.6 Å². The first kappa shape index (κ1) is 24.0. The first-order valence-electron chi connectivity index (χ1n) is 9.41. The summed E-state index contributed by atoms with van der Waals surface area (Å²) in [6.45, 7) is 6.47. The van der Waals surface area contributed by atoms with Gasteiger partial charge in [-0.15, -0.1) is 12.4 Å². The van der Waals surface area contributed by atoms with E-state index in [1.807, 2.05) is 26.0 Å². The molecule has 0 radical (unpaired) electrons. The van der Waals surface area contributed by atoms with Crippen molar-refractivity contribution in [1.82, 2.24) is 9.88 Å². The minimum Gasteiger partial charge on any atom is -0.494 e. The van der Waals surface area contributed by atoms with Gasteiger partial charge in [-0.1, -0.05) is 37.3 Å². The van der Waals surface area contributed by atoms with Crippen LogP contribution in [-0.2, 0) is 0 Å². The minimum atomic E-state index is -0.887. The molecule has 0 atom stereocenters. The lowest BCUT2D eigenvalue weighted by Gasteiger charge is -2.25. The molecule has 2 aromatic carbocycles. The molecule has 162 valence electrons. The number of carbonyl (C=O) groups excluding carboxylic acids is 1. The highest BCUT2D eigenvalue weighted by Crippen LogP contribution is 2.34. The summed E-state index contributed by atoms with van der Waals surface area (Å²) in [7, 11) is 1.55. The lowest BCUT2D eigenvalue weighted by atomic mass is 10.1. The van der Waals surface area contributed by atoms with Crippen molar-refractivity contribution >= 4 is 45.0 Å². The van der Waals surface area contributed by atoms with Crippen molar-refractivity contribution in [1.29, 1.82) is 0 Å². The van der Waals surface area contributed by atoms with Gasteiger partial charge in [0.1, 0.15) is 28.5 Å². The number of para-hydroxylation sites is 1. The fourth-order valence-electron chi connectivity index (χ4n) is 3.09. The normalized spacial score (nSPS) is 10.9. The Morgan fingerprint density at radius 3 is 2.30 bits per heavy atom. The van der Waals surface area contributed by atoms with Gasteiger partial charge in [-0.3, -0.25) is 9.69 Å². The van der Waals surface area contributed by atoms with Crippen LogP contribution in [0.4, 0.5) is 13.9 Å². The third-order valence-electron chi connectivity index (χ3n) is 4.78. The highest BCUT2D eigenvalue weighted by Gasteiger charge is 2.27. The second kappa shape index (κ2) is 10.7. The van der Waals surface area contributed by atoms with Gasteiger partial charge in [0, 0.05) is 13.1 Å². The van der Waals surface area contributed by atoms with Crippen LogP contribution in [0.15, 0.2) is 36.4 Å². The molecule has 0 N–H and O–H groups in total. The number of hydrogen-bond acceptors (Lipinski definition) is 5. The van der Waals surface area contributed by atoms with Gasteiger partial charge in [0.15, 0.2) is 5.13 Å². The molecule has 1 aromatic heterocycles. The van der Waals surface area contributed by atoms with Gasteiger partial charge in [0.05, 0.1) is 11.8 Å². The van der Waals surface area contributed by atoms with Gasteiger partial charge in [0.2, 0.25) is 0 Å². The molecule has 1 heterocycles. The molecular formula is C21H24ClF2N3O2S. The maximum atomic E-state index is 14.3. The Bertz CT molecular complexity index is 991. The zero-order valence-corrected chi connectivity index (χ0v) is 18.7. The molecule has 3 aromatic rings. The Balaban J connectivity index is 0.00000320. The van der Waals surface area contributed by atoms with E-state index in [1.165, 1.54) is 22.3 Å². The standard InChI is InChI=1S/C21H23F2N3O2S.ClH/c1-4-25(5-2)12-13-26(20(27)18-14(22)8-6-9-15(18)23)21-24-19-16(28-3)10-7-11-17(19)29-21;/h6-11H,4-5,12-13H2,1-3H3;1H. The number of likely N-dealkylation sites (N-methyl/N-ethyl adjacent to an activating group) is 1. The van der Waals surface area contributed by atoms with E-state index in [0.717, 1.165) is 29.9 Å². The molecule has 0 aliphatic carbocycles. The van der Waals surface area contributed by atoms with Crippen LogP contribution in [0.2, 0.25) is 0 Å². The van der Waals surface area contributed by atoms with Crippen LogP contribution in [0.25, 0.3) is 10.2 Å². The lowest BCUT2D eigenvalue weighted by molar-refractivity contribution is 0.0975. The van der Waals surface area contributed by atoms with Crippen molar-refractivity contribution in [2.24, 2.45) is 0 Å². The fraction of sp³-hybridized carbons (Fsp3) is 0.333. The third-order valence-corrected chi connectivity index (χ3v) is 5.82. The van der Waals surface area contributed by atoms with E-state index in [4.69, 9.17) is 4.74 Å². The molecule has 0 saturated heterocycles. The Hall–Kier alpha value is -2.29. The van der Waals surface area contributed by atoms with Gasteiger partial charge in [-0.05, 0) is 37.4 Å². The third kappa shape index (κ3) is 4.88. The van der Waals surface area contributed by atoms with Crippen LogP contribution >= 0.6 is 23.7 Å². The van der Waals surface area contributed by atoms with Crippen molar-refractivity contribution in [2.75, 3.05) is 38.2 Å². The van der Waals surface area contributed by atoms with Gasteiger partial charge in [0.25, 0.3) is 5.91 Å². The molecule has 0 aliphatic rings. The van der Waals surface area contributed by atoms with Gasteiger partial charge in [-0.2, -0.15) is 0 Å². The Labute approximate surface area is 184 Å². The molecular weight excluding hydrogens is 432 g/mol. The zero-order valence-electron chi connectivity index (χ0n) is 17.0. The molecule has 5 nitrogen and oxygen atoms in total. The van der Waals surface area contributed by atoms with Crippen LogP contribution < -0.4 is 9.64 Å². The first-order chi connectivity index (χ1) is 14.0. The molecule has 0 fully saturated rings. The zero-order chi connectivity index (χ0) is 21.0. The Kier molecular flexibility index (Phi) is 8.52. The molecule has 1 amide bonds. The number of hydrogen-bond donors (Lipinski definition) is 0. The van der Waals surface area contributed by atoms with Crippen LogP contribution in [0.3, 0.4) is 0 Å². The fourth-order valence-corrected chi connectivity index (χ4v) is 4.10. The van der Waals surface area contributed by atoms with E-state index in [1.54, 1.807) is 13.2 Å². The van der Waals surface area contributed by atoms with Gasteiger partial charge in [-0.25, -0.2) is 13.8 Å². The van der Waals surface area contributed by atoms with Crippen molar-refractivity contribution in [2.45, 2.75) is 13.8 Å². The number of ether oxygens (including phenoxy) is 1. The number of rotatable bonds is 8. The van der Waals surface area contributed by atoms with Crippen LogP contribution in [0, 0.1) is 11.6 Å². The highest BCUT2D eigenvalue weighted by atomic mass is 35.5. The number of nitrogens with zero attached hydrogens (tertiary/aromatic N) is 3. The maximum absolute atomic E-state index is 14.3. The smallest absolute Gasteiger partial charge is 0.266 e. The van der Waals surface area contributed by atoms with Crippen molar-refractivity contribution in [3.05, 3.63) is 53.6 Å². The minimum absolute atomic E-state index is 0. The number of halogens is 3.